The molecular weight excluding hydrogens is 244 g/mol. The first-order valence-electron chi connectivity index (χ1n) is 5.64. The van der Waals surface area contributed by atoms with Gasteiger partial charge in [0.25, 0.3) is 0 Å². The van der Waals surface area contributed by atoms with E-state index >= 15 is 0 Å². The normalized spacial score (nSPS) is 9.95. The van der Waals surface area contributed by atoms with Gasteiger partial charge in [-0.2, -0.15) is 0 Å². The Kier molecular flexibility index (Phi) is 3.61. The van der Waals surface area contributed by atoms with Crippen LogP contribution >= 0.6 is 0 Å². The van der Waals surface area contributed by atoms with Crippen LogP contribution in [0.15, 0.2) is 48.5 Å². The molecule has 0 saturated carbocycles. The molecule has 2 rings (SSSR count). The van der Waals surface area contributed by atoms with E-state index in [4.69, 9.17) is 0 Å². The van der Waals surface area contributed by atoms with Gasteiger partial charge in [-0.1, -0.05) is 30.3 Å². The van der Waals surface area contributed by atoms with Crippen LogP contribution in [0.5, 0.6) is 5.75 Å². The van der Waals surface area contributed by atoms with Gasteiger partial charge in [0.1, 0.15) is 5.75 Å². The van der Waals surface area contributed by atoms with Crippen molar-refractivity contribution in [2.75, 3.05) is 7.11 Å². The van der Waals surface area contributed by atoms with Crippen LogP contribution in [0.3, 0.4) is 0 Å². The predicted molar refractivity (Wildman–Crippen MR) is 69.3 cm³/mol. The average molecular weight is 256 g/mol. The summed E-state index contributed by atoms with van der Waals surface area (Å²) in [5.74, 6) is -1.04. The summed E-state index contributed by atoms with van der Waals surface area (Å²) >= 11 is 0. The Labute approximate surface area is 110 Å². The second-order valence-electron chi connectivity index (χ2n) is 3.92. The van der Waals surface area contributed by atoms with Crippen molar-refractivity contribution in [3.8, 4) is 5.75 Å². The third kappa shape index (κ3) is 2.63. The topological polar surface area (TPSA) is 63.6 Å². The van der Waals surface area contributed by atoms with Crippen molar-refractivity contribution in [1.29, 1.82) is 0 Å². The number of carbonyl (C=O) groups excluding carboxylic acids is 2. The Morgan fingerprint density at radius 3 is 2.32 bits per heavy atom. The van der Waals surface area contributed by atoms with Gasteiger partial charge in [0, 0.05) is 11.1 Å². The van der Waals surface area contributed by atoms with Gasteiger partial charge in [0.2, 0.25) is 0 Å². The Bertz CT molecular complexity index is 617. The standard InChI is InChI=1S/C15H12O4/c1-19-15(18)13-9-11(16)7-8-12(13)14(17)10-5-3-2-4-6-10/h2-9,16H,1H3. The van der Waals surface area contributed by atoms with Gasteiger partial charge in [-0.05, 0) is 18.2 Å². The molecule has 4 heteroatoms. The smallest absolute Gasteiger partial charge is 0.338 e. The fraction of sp³-hybridized carbons (Fsp3) is 0.0667. The number of hydrogen-bond acceptors (Lipinski definition) is 4. The Balaban J connectivity index is 2.51. The molecule has 2 aromatic carbocycles. The fourth-order valence-corrected chi connectivity index (χ4v) is 1.75. The lowest BCUT2D eigenvalue weighted by molar-refractivity contribution is 0.0597. The van der Waals surface area contributed by atoms with Gasteiger partial charge in [-0.15, -0.1) is 0 Å². The number of ether oxygens (including phenoxy) is 1. The first-order chi connectivity index (χ1) is 9.13. The molecule has 0 bridgehead atoms. The van der Waals surface area contributed by atoms with E-state index in [9.17, 15) is 14.7 Å². The van der Waals surface area contributed by atoms with Gasteiger partial charge < -0.3 is 9.84 Å². The number of phenols is 1. The molecule has 0 radical (unpaired) electrons. The minimum absolute atomic E-state index is 0.0522. The highest BCUT2D eigenvalue weighted by Gasteiger charge is 2.19. The molecule has 0 aliphatic carbocycles. The Hall–Kier alpha value is -2.62. The number of phenolic OH excluding ortho intramolecular Hbond substituents is 1. The molecule has 0 atom stereocenters. The van der Waals surface area contributed by atoms with E-state index in [1.165, 1.54) is 25.3 Å². The van der Waals surface area contributed by atoms with Crippen molar-refractivity contribution < 1.29 is 19.4 Å². The quantitative estimate of drug-likeness (QED) is 0.676. The van der Waals surface area contributed by atoms with Gasteiger partial charge in [-0.25, -0.2) is 4.79 Å². The number of benzene rings is 2. The third-order valence-corrected chi connectivity index (χ3v) is 2.69. The van der Waals surface area contributed by atoms with Crippen molar-refractivity contribution in [3.63, 3.8) is 0 Å². The zero-order valence-electron chi connectivity index (χ0n) is 10.3. The van der Waals surface area contributed by atoms with E-state index in [-0.39, 0.29) is 22.7 Å². The van der Waals surface area contributed by atoms with E-state index in [1.807, 2.05) is 0 Å². The number of esters is 1. The summed E-state index contributed by atoms with van der Waals surface area (Å²) in [7, 11) is 1.23. The minimum Gasteiger partial charge on any atom is -0.508 e. The van der Waals surface area contributed by atoms with Gasteiger partial charge >= 0.3 is 5.97 Å². The van der Waals surface area contributed by atoms with Crippen molar-refractivity contribution in [2.45, 2.75) is 0 Å². The number of ketones is 1. The number of methoxy groups -OCH3 is 1. The van der Waals surface area contributed by atoms with Crippen LogP contribution in [0, 0.1) is 0 Å². The first kappa shape index (κ1) is 12.8. The summed E-state index contributed by atoms with van der Waals surface area (Å²) in [6, 6.07) is 12.6. The number of hydrogen-bond donors (Lipinski definition) is 1. The molecule has 96 valence electrons. The summed E-state index contributed by atoms with van der Waals surface area (Å²) in [6.45, 7) is 0. The maximum absolute atomic E-state index is 12.3. The van der Waals surface area contributed by atoms with Crippen LogP contribution in [0.2, 0.25) is 0 Å². The van der Waals surface area contributed by atoms with Crippen LogP contribution in [-0.4, -0.2) is 24.0 Å². The van der Waals surface area contributed by atoms with Crippen LogP contribution in [0.4, 0.5) is 0 Å². The van der Waals surface area contributed by atoms with E-state index in [0.29, 0.717) is 5.56 Å². The van der Waals surface area contributed by atoms with Crippen LogP contribution < -0.4 is 0 Å². The molecular formula is C15H12O4. The summed E-state index contributed by atoms with van der Waals surface area (Å²) in [5.41, 5.74) is 0.727. The molecule has 0 heterocycles. The average Bonchev–Trinajstić information content (AvgIpc) is 2.46. The van der Waals surface area contributed by atoms with E-state index in [0.717, 1.165) is 0 Å². The second kappa shape index (κ2) is 5.35. The van der Waals surface area contributed by atoms with Gasteiger partial charge in [-0.3, -0.25) is 4.79 Å². The molecule has 1 N–H and O–H groups in total. The second-order valence-corrected chi connectivity index (χ2v) is 3.92. The summed E-state index contributed by atoms with van der Waals surface area (Å²) in [6.07, 6.45) is 0. The van der Waals surface area contributed by atoms with Gasteiger partial charge in [0.15, 0.2) is 5.78 Å². The maximum Gasteiger partial charge on any atom is 0.338 e. The zero-order chi connectivity index (χ0) is 13.8. The lowest BCUT2D eigenvalue weighted by Gasteiger charge is -2.07. The van der Waals surface area contributed by atoms with E-state index < -0.39 is 5.97 Å². The lowest BCUT2D eigenvalue weighted by atomic mass is 9.98. The largest absolute Gasteiger partial charge is 0.508 e. The molecule has 0 aliphatic heterocycles. The first-order valence-corrected chi connectivity index (χ1v) is 5.64. The molecule has 0 amide bonds. The molecule has 0 aromatic heterocycles. The zero-order valence-corrected chi connectivity index (χ0v) is 10.3. The Morgan fingerprint density at radius 2 is 1.68 bits per heavy atom. The fourth-order valence-electron chi connectivity index (χ4n) is 1.75. The number of aromatic hydroxyl groups is 1. The minimum atomic E-state index is -0.657. The van der Waals surface area contributed by atoms with Crippen molar-refractivity contribution in [2.24, 2.45) is 0 Å². The molecule has 2 aromatic rings. The van der Waals surface area contributed by atoms with Gasteiger partial charge in [0.05, 0.1) is 12.7 Å². The monoisotopic (exact) mass is 256 g/mol. The number of rotatable bonds is 3. The molecule has 0 saturated heterocycles. The highest BCUT2D eigenvalue weighted by Crippen LogP contribution is 2.20. The highest BCUT2D eigenvalue weighted by atomic mass is 16.5. The summed E-state index contributed by atoms with van der Waals surface area (Å²) in [4.78, 5) is 23.9. The maximum atomic E-state index is 12.3. The van der Waals surface area contributed by atoms with Crippen molar-refractivity contribution in [1.82, 2.24) is 0 Å². The SMILES string of the molecule is COC(=O)c1cc(O)ccc1C(=O)c1ccccc1. The molecule has 19 heavy (non-hydrogen) atoms. The lowest BCUT2D eigenvalue weighted by Crippen LogP contribution is -2.11. The predicted octanol–water partition coefficient (Wildman–Crippen LogP) is 2.41. The molecule has 0 aliphatic rings. The van der Waals surface area contributed by atoms with E-state index in [2.05, 4.69) is 4.74 Å². The molecule has 0 unspecified atom stereocenters. The van der Waals surface area contributed by atoms with Crippen LogP contribution in [-0.2, 0) is 4.74 Å². The van der Waals surface area contributed by atoms with Crippen molar-refractivity contribution >= 4 is 11.8 Å². The van der Waals surface area contributed by atoms with Crippen molar-refractivity contribution in [3.05, 3.63) is 65.2 Å². The van der Waals surface area contributed by atoms with Crippen LogP contribution in [0.1, 0.15) is 26.3 Å². The summed E-state index contributed by atoms with van der Waals surface area (Å²) < 4.78 is 4.62. The Morgan fingerprint density at radius 1 is 1.00 bits per heavy atom. The third-order valence-electron chi connectivity index (χ3n) is 2.69. The number of carbonyl (C=O) groups is 2. The molecule has 4 nitrogen and oxygen atoms in total. The molecule has 0 spiro atoms. The van der Waals surface area contributed by atoms with E-state index in [1.54, 1.807) is 30.3 Å². The highest BCUT2D eigenvalue weighted by molar-refractivity contribution is 6.14. The van der Waals surface area contributed by atoms with Crippen LogP contribution in [0.25, 0.3) is 0 Å². The molecule has 0 fully saturated rings. The summed E-state index contributed by atoms with van der Waals surface area (Å²) in [5, 5.41) is 9.42.